The lowest BCUT2D eigenvalue weighted by molar-refractivity contribution is 0.0520. The maximum atomic E-state index is 12.3. The largest absolute Gasteiger partial charge is 0.506 e. The van der Waals surface area contributed by atoms with E-state index < -0.39 is 11.5 Å². The summed E-state index contributed by atoms with van der Waals surface area (Å²) < 4.78 is 4.85. The Labute approximate surface area is 173 Å². The molecule has 160 valence electrons. The molecule has 0 amide bonds. The number of hydrogen-bond donors (Lipinski definition) is 2. The number of esters is 1. The van der Waals surface area contributed by atoms with Gasteiger partial charge >= 0.3 is 5.97 Å². The predicted octanol–water partition coefficient (Wildman–Crippen LogP) is 4.74. The van der Waals surface area contributed by atoms with Crippen LogP contribution >= 0.6 is 0 Å². The Kier molecular flexibility index (Phi) is 8.95. The highest BCUT2D eigenvalue weighted by atomic mass is 16.5. The van der Waals surface area contributed by atoms with Crippen LogP contribution in [0.15, 0.2) is 29.1 Å². The number of pyridine rings is 1. The monoisotopic (exact) mass is 402 g/mol. The summed E-state index contributed by atoms with van der Waals surface area (Å²) in [6.07, 6.45) is 1.19. The van der Waals surface area contributed by atoms with Crippen LogP contribution in [0.4, 0.5) is 5.69 Å². The van der Waals surface area contributed by atoms with Gasteiger partial charge in [-0.15, -0.1) is 0 Å². The summed E-state index contributed by atoms with van der Waals surface area (Å²) in [5.41, 5.74) is 1.86. The molecule has 2 N–H and O–H groups in total. The van der Waals surface area contributed by atoms with Gasteiger partial charge in [0.2, 0.25) is 0 Å². The molecule has 0 bridgehead atoms. The third kappa shape index (κ3) is 5.19. The number of nitrogens with zero attached hydrogens (tertiary/aromatic N) is 1. The first-order chi connectivity index (χ1) is 13.4. The van der Waals surface area contributed by atoms with Crippen LogP contribution in [0.2, 0.25) is 0 Å². The summed E-state index contributed by atoms with van der Waals surface area (Å²) in [5.74, 6) is -0.459. The first-order valence-electron chi connectivity index (χ1n) is 9.90. The maximum absolute atomic E-state index is 12.3. The van der Waals surface area contributed by atoms with Crippen molar-refractivity contribution >= 4 is 11.7 Å². The van der Waals surface area contributed by atoms with Gasteiger partial charge in [-0.1, -0.05) is 40.3 Å². The topological polar surface area (TPSA) is 82.6 Å². The van der Waals surface area contributed by atoms with E-state index in [0.29, 0.717) is 17.2 Å². The molecular formula is C23H34N2O4. The van der Waals surface area contributed by atoms with Crippen LogP contribution in [-0.4, -0.2) is 35.8 Å². The molecule has 1 saturated heterocycles. The highest BCUT2D eigenvalue weighted by Crippen LogP contribution is 2.31. The summed E-state index contributed by atoms with van der Waals surface area (Å²) in [6.45, 7) is 11.8. The molecule has 0 aliphatic carbocycles. The van der Waals surface area contributed by atoms with E-state index in [1.807, 2.05) is 38.1 Å². The zero-order valence-electron chi connectivity index (χ0n) is 17.3. The van der Waals surface area contributed by atoms with Crippen molar-refractivity contribution in [1.29, 1.82) is 0 Å². The Morgan fingerprint density at radius 3 is 2.41 bits per heavy atom. The van der Waals surface area contributed by atoms with E-state index in [1.54, 1.807) is 13.8 Å². The van der Waals surface area contributed by atoms with Crippen LogP contribution in [0, 0.1) is 12.8 Å². The summed E-state index contributed by atoms with van der Waals surface area (Å²) in [7, 11) is 0. The molecule has 6 nitrogen and oxygen atoms in total. The third-order valence-electron chi connectivity index (χ3n) is 4.86. The minimum absolute atomic E-state index is 0. The number of carbonyl (C=O) groups is 1. The van der Waals surface area contributed by atoms with E-state index in [9.17, 15) is 14.7 Å². The minimum Gasteiger partial charge on any atom is -0.506 e. The van der Waals surface area contributed by atoms with Gasteiger partial charge in [-0.3, -0.25) is 4.79 Å². The molecule has 0 saturated carbocycles. The van der Waals surface area contributed by atoms with Crippen LogP contribution in [0.1, 0.15) is 57.5 Å². The van der Waals surface area contributed by atoms with Gasteiger partial charge in [0.25, 0.3) is 5.56 Å². The van der Waals surface area contributed by atoms with Gasteiger partial charge < -0.3 is 19.7 Å². The number of carbonyl (C=O) groups excluding carboxylic acids is 1. The lowest BCUT2D eigenvalue weighted by Gasteiger charge is -2.19. The molecule has 2 aromatic rings. The Bertz CT molecular complexity index is 872. The molecule has 3 rings (SSSR count). The van der Waals surface area contributed by atoms with E-state index in [-0.39, 0.29) is 25.3 Å². The van der Waals surface area contributed by atoms with Crippen molar-refractivity contribution in [1.82, 2.24) is 4.98 Å². The zero-order valence-corrected chi connectivity index (χ0v) is 17.3. The summed E-state index contributed by atoms with van der Waals surface area (Å²) in [4.78, 5) is 29.2. The molecule has 1 aliphatic rings. The number of aromatic amines is 1. The fourth-order valence-electron chi connectivity index (χ4n) is 3.37. The fraction of sp³-hybridized carbons (Fsp3) is 0.478. The Morgan fingerprint density at radius 1 is 1.28 bits per heavy atom. The number of hydrogen-bond acceptors (Lipinski definition) is 5. The van der Waals surface area contributed by atoms with E-state index in [4.69, 9.17) is 4.74 Å². The first kappa shape index (κ1) is 24.3. The van der Waals surface area contributed by atoms with Crippen molar-refractivity contribution in [2.24, 2.45) is 5.92 Å². The van der Waals surface area contributed by atoms with Crippen molar-refractivity contribution in [2.75, 3.05) is 24.6 Å². The number of anilines is 1. The predicted molar refractivity (Wildman–Crippen MR) is 119 cm³/mol. The van der Waals surface area contributed by atoms with Gasteiger partial charge in [0.15, 0.2) is 5.56 Å². The SMILES string of the molecule is C.CC.CCOC(=O)c1c(O)c(C)c(-c2ccc(N3CCC(C)C3)cc2)[nH]c1=O. The lowest BCUT2D eigenvalue weighted by atomic mass is 10.0. The standard InChI is InChI=1S/C20H24N2O4.C2H6.CH4/c1-4-26-20(25)16-18(23)13(3)17(21-19(16)24)14-5-7-15(8-6-14)22-10-9-12(2)11-22;1-2;/h5-8,12H,4,9-11H2,1-3H3,(H2,21,23,24);1-2H3;1H4. The van der Waals surface area contributed by atoms with Gasteiger partial charge in [0.1, 0.15) is 5.75 Å². The zero-order chi connectivity index (χ0) is 20.8. The number of H-pyrrole nitrogens is 1. The molecule has 1 unspecified atom stereocenters. The van der Waals surface area contributed by atoms with Crippen LogP contribution in [-0.2, 0) is 4.74 Å². The van der Waals surface area contributed by atoms with Gasteiger partial charge in [-0.05, 0) is 43.9 Å². The molecular weight excluding hydrogens is 368 g/mol. The van der Waals surface area contributed by atoms with Crippen LogP contribution in [0.3, 0.4) is 0 Å². The molecule has 0 radical (unpaired) electrons. The van der Waals surface area contributed by atoms with Gasteiger partial charge in [0, 0.05) is 24.3 Å². The number of benzene rings is 1. The van der Waals surface area contributed by atoms with Crippen molar-refractivity contribution in [2.45, 2.75) is 48.5 Å². The normalized spacial score (nSPS) is 15.2. The van der Waals surface area contributed by atoms with Crippen LogP contribution in [0.25, 0.3) is 11.3 Å². The molecule has 1 fully saturated rings. The summed E-state index contributed by atoms with van der Waals surface area (Å²) in [5, 5.41) is 10.3. The molecule has 29 heavy (non-hydrogen) atoms. The number of aromatic nitrogens is 1. The van der Waals surface area contributed by atoms with E-state index in [2.05, 4.69) is 16.8 Å². The van der Waals surface area contributed by atoms with Crippen LogP contribution in [0.5, 0.6) is 5.75 Å². The second-order valence-electron chi connectivity index (χ2n) is 6.78. The number of rotatable bonds is 4. The fourth-order valence-corrected chi connectivity index (χ4v) is 3.37. The minimum atomic E-state index is -0.820. The first-order valence-corrected chi connectivity index (χ1v) is 9.90. The molecule has 1 aromatic heterocycles. The van der Waals surface area contributed by atoms with Gasteiger partial charge in [0.05, 0.1) is 12.3 Å². The van der Waals surface area contributed by atoms with Crippen molar-refractivity contribution in [3.8, 4) is 17.0 Å². The lowest BCUT2D eigenvalue weighted by Crippen LogP contribution is -2.21. The van der Waals surface area contributed by atoms with Crippen LogP contribution < -0.4 is 10.5 Å². The highest BCUT2D eigenvalue weighted by Gasteiger charge is 2.23. The molecule has 2 heterocycles. The molecule has 6 heteroatoms. The van der Waals surface area contributed by atoms with E-state index in [0.717, 1.165) is 24.3 Å². The Morgan fingerprint density at radius 2 is 1.90 bits per heavy atom. The van der Waals surface area contributed by atoms with Crippen molar-refractivity contribution < 1.29 is 14.6 Å². The number of nitrogens with one attached hydrogen (secondary N) is 1. The maximum Gasteiger partial charge on any atom is 0.347 e. The van der Waals surface area contributed by atoms with Gasteiger partial charge in [-0.2, -0.15) is 0 Å². The number of ether oxygens (including phenoxy) is 1. The second kappa shape index (κ2) is 10.7. The van der Waals surface area contributed by atoms with Gasteiger partial charge in [-0.25, -0.2) is 4.79 Å². The van der Waals surface area contributed by atoms with E-state index in [1.165, 1.54) is 6.42 Å². The molecule has 1 aromatic carbocycles. The summed E-state index contributed by atoms with van der Waals surface area (Å²) >= 11 is 0. The van der Waals surface area contributed by atoms with Crippen molar-refractivity contribution in [3.63, 3.8) is 0 Å². The smallest absolute Gasteiger partial charge is 0.347 e. The average molecular weight is 403 g/mol. The molecule has 0 spiro atoms. The second-order valence-corrected chi connectivity index (χ2v) is 6.78. The molecule has 1 atom stereocenters. The number of aromatic hydroxyl groups is 1. The Balaban J connectivity index is 0.00000136. The quantitative estimate of drug-likeness (QED) is 0.722. The van der Waals surface area contributed by atoms with E-state index >= 15 is 0 Å². The third-order valence-corrected chi connectivity index (χ3v) is 4.86. The highest BCUT2D eigenvalue weighted by molar-refractivity contribution is 5.93. The molecule has 1 aliphatic heterocycles. The Hall–Kier alpha value is -2.76. The summed E-state index contributed by atoms with van der Waals surface area (Å²) in [6, 6.07) is 7.86. The van der Waals surface area contributed by atoms with Crippen molar-refractivity contribution in [3.05, 3.63) is 45.7 Å². The average Bonchev–Trinajstić information content (AvgIpc) is 3.13.